The highest BCUT2D eigenvalue weighted by atomic mass is 15.5. The summed E-state index contributed by atoms with van der Waals surface area (Å²) in [5.74, 6) is 0. The van der Waals surface area contributed by atoms with Crippen LogP contribution in [0.1, 0.15) is 0 Å². The van der Waals surface area contributed by atoms with Crippen molar-refractivity contribution in [3.8, 4) is 39.1 Å². The molecule has 0 amide bonds. The number of anilines is 3. The summed E-state index contributed by atoms with van der Waals surface area (Å²) >= 11 is 0. The first-order valence-electron chi connectivity index (χ1n) is 20.5. The number of aryl methyl sites for hydroxylation is 3. The highest BCUT2D eigenvalue weighted by molar-refractivity contribution is 6.11. The molecular formula is C51H37N11. The molecule has 12 rings (SSSR count). The van der Waals surface area contributed by atoms with Crippen molar-refractivity contribution in [3.63, 3.8) is 0 Å². The summed E-state index contributed by atoms with van der Waals surface area (Å²) in [7, 11) is 5.56. The molecule has 0 saturated carbocycles. The summed E-state index contributed by atoms with van der Waals surface area (Å²) in [5, 5.41) is 31.8. The zero-order valence-corrected chi connectivity index (χ0v) is 34.1. The third kappa shape index (κ3) is 5.59. The van der Waals surface area contributed by atoms with Gasteiger partial charge in [0.25, 0.3) is 0 Å². The van der Waals surface area contributed by atoms with E-state index in [4.69, 9.17) is 25.5 Å². The summed E-state index contributed by atoms with van der Waals surface area (Å²) in [5.41, 5.74) is 17.0. The van der Waals surface area contributed by atoms with Crippen molar-refractivity contribution in [2.75, 3.05) is 4.90 Å². The molecule has 0 bridgehead atoms. The number of hydrogen-bond donors (Lipinski definition) is 0. The molecule has 0 aliphatic rings. The molecule has 4 aromatic heterocycles. The zero-order chi connectivity index (χ0) is 41.5. The molecule has 12 aromatic rings. The molecule has 0 aliphatic heterocycles. The Bertz CT molecular complexity index is 3670. The quantitative estimate of drug-likeness (QED) is 0.158. The van der Waals surface area contributed by atoms with Crippen molar-refractivity contribution >= 4 is 72.0 Å². The van der Waals surface area contributed by atoms with E-state index in [9.17, 15) is 0 Å². The highest BCUT2D eigenvalue weighted by Gasteiger charge is 2.27. The molecule has 0 aliphatic carbocycles. The van der Waals surface area contributed by atoms with Crippen molar-refractivity contribution in [2.45, 2.75) is 0 Å². The van der Waals surface area contributed by atoms with Crippen LogP contribution >= 0.6 is 0 Å². The van der Waals surface area contributed by atoms with Gasteiger partial charge in [-0.3, -0.25) is 0 Å². The minimum atomic E-state index is 0.736. The van der Waals surface area contributed by atoms with Gasteiger partial charge in [0, 0.05) is 48.7 Å². The Hall–Kier alpha value is -8.44. The topological polar surface area (TPSA) is 100 Å². The highest BCUT2D eigenvalue weighted by Crippen LogP contribution is 2.46. The lowest BCUT2D eigenvalue weighted by Gasteiger charge is -2.26. The van der Waals surface area contributed by atoms with Crippen LogP contribution in [0, 0.1) is 0 Å². The summed E-state index contributed by atoms with van der Waals surface area (Å²) in [6.07, 6.45) is 0. The Balaban J connectivity index is 0.990. The molecular weight excluding hydrogens is 767 g/mol. The Kier molecular flexibility index (Phi) is 7.91. The van der Waals surface area contributed by atoms with Crippen LogP contribution in [0.2, 0.25) is 0 Å². The Labute approximate surface area is 355 Å². The molecule has 0 N–H and O–H groups in total. The molecule has 4 heterocycles. The molecule has 11 heteroatoms. The van der Waals surface area contributed by atoms with Gasteiger partial charge in [0.15, 0.2) is 0 Å². The molecule has 8 aromatic carbocycles. The van der Waals surface area contributed by atoms with Crippen LogP contribution in [0.15, 0.2) is 170 Å². The monoisotopic (exact) mass is 803 g/mol. The van der Waals surface area contributed by atoms with E-state index in [1.54, 1.807) is 14.4 Å². The van der Waals surface area contributed by atoms with E-state index in [1.807, 2.05) is 51.5 Å². The van der Waals surface area contributed by atoms with Crippen LogP contribution in [0.4, 0.5) is 17.1 Å². The fourth-order valence-corrected chi connectivity index (χ4v) is 9.05. The SMILES string of the molecule is Cn1nc2cccc(N(c3ccc(-c4ccccc4)c4nn(C)nc34)c3ccc(-c4ccc(-c5ccc6c(c5)c5ccccc5n6-c5ccccc5)cc4)c4nn(C)nc34)c2n1. The third-order valence-electron chi connectivity index (χ3n) is 11.8. The number of fused-ring (bicyclic) bond motifs is 6. The Morgan fingerprint density at radius 2 is 0.871 bits per heavy atom. The van der Waals surface area contributed by atoms with Gasteiger partial charge >= 0.3 is 0 Å². The van der Waals surface area contributed by atoms with E-state index in [0.29, 0.717) is 0 Å². The normalized spacial score (nSPS) is 11.8. The fraction of sp³-hybridized carbons (Fsp3) is 0.0588. The van der Waals surface area contributed by atoms with Gasteiger partial charge in [-0.15, -0.1) is 0 Å². The molecule has 0 atom stereocenters. The van der Waals surface area contributed by atoms with E-state index >= 15 is 0 Å². The predicted molar refractivity (Wildman–Crippen MR) is 248 cm³/mol. The van der Waals surface area contributed by atoms with Crippen LogP contribution < -0.4 is 4.90 Å². The van der Waals surface area contributed by atoms with E-state index in [0.717, 1.165) is 89.2 Å². The fourth-order valence-electron chi connectivity index (χ4n) is 9.05. The summed E-state index contributed by atoms with van der Waals surface area (Å²) in [4.78, 5) is 7.06. The molecule has 296 valence electrons. The second-order valence-electron chi connectivity index (χ2n) is 15.6. The minimum absolute atomic E-state index is 0.736. The standard InChI is InChI=1S/C51H37N11/c1-58-52-41-18-12-20-44(49(41)55-58)62(45-29-26-37(33-13-6-4-7-14-33)47-50(45)56-59(2)53-47)46-30-27-38(48-51(46)57-60(3)54-48)34-23-21-32(22-24-34)35-25-28-43-40(31-35)39-17-10-11-19-42(39)61(43)36-15-8-5-9-16-36/h4-31H,1-3H3. The number of rotatable bonds is 7. The summed E-state index contributed by atoms with van der Waals surface area (Å²) in [6.45, 7) is 0. The number of para-hydroxylation sites is 2. The van der Waals surface area contributed by atoms with Crippen molar-refractivity contribution in [1.82, 2.24) is 49.5 Å². The van der Waals surface area contributed by atoms with Crippen LogP contribution in [-0.2, 0) is 21.1 Å². The van der Waals surface area contributed by atoms with Crippen LogP contribution in [0.3, 0.4) is 0 Å². The third-order valence-corrected chi connectivity index (χ3v) is 11.8. The molecule has 11 nitrogen and oxygen atoms in total. The van der Waals surface area contributed by atoms with Gasteiger partial charge in [0.05, 0.1) is 28.1 Å². The second-order valence-corrected chi connectivity index (χ2v) is 15.6. The number of benzene rings is 8. The van der Waals surface area contributed by atoms with E-state index in [1.165, 1.54) is 21.8 Å². The Morgan fingerprint density at radius 3 is 1.56 bits per heavy atom. The smallest absolute Gasteiger partial charge is 0.137 e. The second kappa shape index (κ2) is 13.8. The first kappa shape index (κ1) is 35.5. The van der Waals surface area contributed by atoms with Crippen molar-refractivity contribution in [3.05, 3.63) is 170 Å². The molecule has 0 unspecified atom stereocenters. The van der Waals surface area contributed by atoms with Gasteiger partial charge < -0.3 is 9.47 Å². The average molecular weight is 804 g/mol. The molecule has 0 saturated heterocycles. The van der Waals surface area contributed by atoms with Gasteiger partial charge in [-0.1, -0.05) is 103 Å². The molecule has 62 heavy (non-hydrogen) atoms. The lowest BCUT2D eigenvalue weighted by atomic mass is 9.97. The van der Waals surface area contributed by atoms with Gasteiger partial charge in [-0.05, 0) is 89.0 Å². The number of nitrogens with zero attached hydrogens (tertiary/aromatic N) is 11. The van der Waals surface area contributed by atoms with Crippen LogP contribution in [0.25, 0.3) is 94.0 Å². The van der Waals surface area contributed by atoms with Gasteiger partial charge in [-0.2, -0.15) is 45.0 Å². The molecule has 0 fully saturated rings. The maximum atomic E-state index is 5.03. The predicted octanol–water partition coefficient (Wildman–Crippen LogP) is 11.1. The van der Waals surface area contributed by atoms with Gasteiger partial charge in [0.1, 0.15) is 33.1 Å². The first-order valence-corrected chi connectivity index (χ1v) is 20.5. The molecule has 0 radical (unpaired) electrons. The maximum absolute atomic E-state index is 5.03. The van der Waals surface area contributed by atoms with Gasteiger partial charge in [0.2, 0.25) is 0 Å². The number of hydrogen-bond acceptors (Lipinski definition) is 7. The van der Waals surface area contributed by atoms with E-state index < -0.39 is 0 Å². The van der Waals surface area contributed by atoms with Gasteiger partial charge in [-0.25, -0.2) is 0 Å². The minimum Gasteiger partial charge on any atom is -0.309 e. The zero-order valence-electron chi connectivity index (χ0n) is 34.1. The lowest BCUT2D eigenvalue weighted by molar-refractivity contribution is 0.665. The van der Waals surface area contributed by atoms with Crippen LogP contribution in [0.5, 0.6) is 0 Å². The Morgan fingerprint density at radius 1 is 0.355 bits per heavy atom. The molecule has 0 spiro atoms. The summed E-state index contributed by atoms with van der Waals surface area (Å²) < 4.78 is 2.35. The summed E-state index contributed by atoms with van der Waals surface area (Å²) in [6, 6.07) is 59.6. The lowest BCUT2D eigenvalue weighted by Crippen LogP contribution is -2.12. The number of aromatic nitrogens is 10. The largest absolute Gasteiger partial charge is 0.309 e. The van der Waals surface area contributed by atoms with E-state index in [2.05, 4.69) is 154 Å². The van der Waals surface area contributed by atoms with Crippen LogP contribution in [-0.4, -0.2) is 49.5 Å². The average Bonchev–Trinajstić information content (AvgIpc) is 4.09. The van der Waals surface area contributed by atoms with Crippen molar-refractivity contribution in [2.24, 2.45) is 21.1 Å². The van der Waals surface area contributed by atoms with Crippen molar-refractivity contribution < 1.29 is 0 Å². The van der Waals surface area contributed by atoms with Crippen molar-refractivity contribution in [1.29, 1.82) is 0 Å². The maximum Gasteiger partial charge on any atom is 0.137 e. The van der Waals surface area contributed by atoms with E-state index in [-0.39, 0.29) is 0 Å². The first-order chi connectivity index (χ1) is 30.5.